The molecule has 0 fully saturated rings. The molecule has 0 saturated carbocycles. The highest BCUT2D eigenvalue weighted by atomic mass is 19.4. The van der Waals surface area contributed by atoms with Crippen LogP contribution in [0.15, 0.2) is 24.3 Å². The normalized spacial score (nSPS) is 14.0. The van der Waals surface area contributed by atoms with E-state index in [1.54, 1.807) is 12.1 Å². The van der Waals surface area contributed by atoms with Crippen molar-refractivity contribution in [2.45, 2.75) is 25.6 Å². The summed E-state index contributed by atoms with van der Waals surface area (Å²) in [5.41, 5.74) is 9.03. The molecule has 0 unspecified atom stereocenters. The van der Waals surface area contributed by atoms with Gasteiger partial charge in [-0.25, -0.2) is 9.97 Å². The molecular weight excluding hydrogens is 283 g/mol. The Morgan fingerprint density at radius 2 is 1.76 bits per heavy atom. The highest BCUT2D eigenvalue weighted by Gasteiger charge is 2.31. The maximum atomic E-state index is 12.1. The maximum Gasteiger partial charge on any atom is 0.573 e. The molecular formula is C14H12F3N3O. The van der Waals surface area contributed by atoms with Crippen molar-refractivity contribution < 1.29 is 17.9 Å². The molecule has 3 rings (SSSR count). The smallest absolute Gasteiger partial charge is 0.406 e. The van der Waals surface area contributed by atoms with E-state index in [-0.39, 0.29) is 11.7 Å². The van der Waals surface area contributed by atoms with Crippen molar-refractivity contribution in [3.63, 3.8) is 0 Å². The van der Waals surface area contributed by atoms with E-state index in [1.165, 1.54) is 12.1 Å². The second kappa shape index (κ2) is 4.91. The SMILES string of the molecule is Nc1nc2c(c(-c3ccc(OC(F)(F)F)cc3)n1)CCC2. The lowest BCUT2D eigenvalue weighted by atomic mass is 10.1. The van der Waals surface area contributed by atoms with Gasteiger partial charge in [-0.1, -0.05) is 0 Å². The zero-order valence-corrected chi connectivity index (χ0v) is 10.9. The third-order valence-corrected chi connectivity index (χ3v) is 3.31. The second-order valence-electron chi connectivity index (χ2n) is 4.78. The molecule has 1 aliphatic rings. The van der Waals surface area contributed by atoms with Crippen molar-refractivity contribution in [2.24, 2.45) is 0 Å². The number of halogens is 3. The van der Waals surface area contributed by atoms with Gasteiger partial charge in [-0.15, -0.1) is 13.2 Å². The van der Waals surface area contributed by atoms with Crippen molar-refractivity contribution >= 4 is 5.95 Å². The maximum absolute atomic E-state index is 12.1. The fourth-order valence-corrected chi connectivity index (χ4v) is 2.50. The predicted molar refractivity (Wildman–Crippen MR) is 70.6 cm³/mol. The number of aromatic nitrogens is 2. The number of fused-ring (bicyclic) bond motifs is 1. The van der Waals surface area contributed by atoms with Gasteiger partial charge in [0, 0.05) is 16.8 Å². The topological polar surface area (TPSA) is 61.0 Å². The van der Waals surface area contributed by atoms with Gasteiger partial charge >= 0.3 is 6.36 Å². The quantitative estimate of drug-likeness (QED) is 0.924. The summed E-state index contributed by atoms with van der Waals surface area (Å²) in [4.78, 5) is 8.42. The number of anilines is 1. The molecule has 0 amide bonds. The molecule has 2 N–H and O–H groups in total. The average Bonchev–Trinajstić information content (AvgIpc) is 2.85. The number of ether oxygens (including phenoxy) is 1. The van der Waals surface area contributed by atoms with Gasteiger partial charge in [-0.05, 0) is 43.5 Å². The van der Waals surface area contributed by atoms with Crippen LogP contribution in [0.4, 0.5) is 19.1 Å². The number of hydrogen-bond acceptors (Lipinski definition) is 4. The predicted octanol–water partition coefficient (Wildman–Crippen LogP) is 3.11. The summed E-state index contributed by atoms with van der Waals surface area (Å²) in [7, 11) is 0. The standard InChI is InChI=1S/C14H12F3N3O/c15-14(16,17)21-9-6-4-8(5-7-9)12-10-2-1-3-11(10)19-13(18)20-12/h4-7H,1-3H2,(H2,18,19,20). The van der Waals surface area contributed by atoms with Gasteiger partial charge in [-0.3, -0.25) is 0 Å². The Balaban J connectivity index is 1.95. The first-order valence-corrected chi connectivity index (χ1v) is 6.44. The molecule has 0 bridgehead atoms. The van der Waals surface area contributed by atoms with Crippen molar-refractivity contribution in [3.05, 3.63) is 35.5 Å². The highest BCUT2D eigenvalue weighted by molar-refractivity contribution is 5.66. The molecule has 0 atom stereocenters. The fourth-order valence-electron chi connectivity index (χ4n) is 2.50. The van der Waals surface area contributed by atoms with Crippen molar-refractivity contribution in [1.82, 2.24) is 9.97 Å². The minimum absolute atomic E-state index is 0.182. The third-order valence-electron chi connectivity index (χ3n) is 3.31. The van der Waals surface area contributed by atoms with Crippen molar-refractivity contribution in [2.75, 3.05) is 5.73 Å². The van der Waals surface area contributed by atoms with Crippen LogP contribution in [0.5, 0.6) is 5.75 Å². The second-order valence-corrected chi connectivity index (χ2v) is 4.78. The van der Waals surface area contributed by atoms with Crippen LogP contribution in [0.25, 0.3) is 11.3 Å². The number of hydrogen-bond donors (Lipinski definition) is 1. The minimum Gasteiger partial charge on any atom is -0.406 e. The van der Waals surface area contributed by atoms with Gasteiger partial charge in [0.15, 0.2) is 0 Å². The van der Waals surface area contributed by atoms with E-state index in [0.717, 1.165) is 30.5 Å². The van der Waals surface area contributed by atoms with Gasteiger partial charge in [0.1, 0.15) is 5.75 Å². The van der Waals surface area contributed by atoms with E-state index in [1.807, 2.05) is 0 Å². The molecule has 1 aliphatic carbocycles. The Labute approximate surface area is 118 Å². The number of aryl methyl sites for hydroxylation is 1. The molecule has 4 nitrogen and oxygen atoms in total. The van der Waals surface area contributed by atoms with E-state index >= 15 is 0 Å². The molecule has 2 aromatic rings. The molecule has 0 spiro atoms. The average molecular weight is 295 g/mol. The number of nitrogen functional groups attached to an aromatic ring is 1. The molecule has 1 aromatic carbocycles. The van der Waals surface area contributed by atoms with Gasteiger partial charge < -0.3 is 10.5 Å². The molecule has 0 aliphatic heterocycles. The third kappa shape index (κ3) is 2.91. The number of nitrogens with two attached hydrogens (primary N) is 1. The van der Waals surface area contributed by atoms with E-state index in [2.05, 4.69) is 14.7 Å². The Hall–Kier alpha value is -2.31. The number of benzene rings is 1. The first-order valence-electron chi connectivity index (χ1n) is 6.44. The minimum atomic E-state index is -4.69. The van der Waals surface area contributed by atoms with Gasteiger partial charge in [0.25, 0.3) is 0 Å². The molecule has 21 heavy (non-hydrogen) atoms. The summed E-state index contributed by atoms with van der Waals surface area (Å²) < 4.78 is 40.3. The van der Waals surface area contributed by atoms with Crippen LogP contribution in [0.2, 0.25) is 0 Å². The van der Waals surface area contributed by atoms with E-state index < -0.39 is 6.36 Å². The van der Waals surface area contributed by atoms with Crippen molar-refractivity contribution in [1.29, 1.82) is 0 Å². The fraction of sp³-hybridized carbons (Fsp3) is 0.286. The van der Waals surface area contributed by atoms with E-state index in [4.69, 9.17) is 5.73 Å². The van der Waals surface area contributed by atoms with Crippen LogP contribution in [0.3, 0.4) is 0 Å². The molecule has 0 radical (unpaired) electrons. The number of alkyl halides is 3. The van der Waals surface area contributed by atoms with Crippen LogP contribution >= 0.6 is 0 Å². The Bertz CT molecular complexity index is 668. The molecule has 7 heteroatoms. The summed E-state index contributed by atoms with van der Waals surface area (Å²) in [6.07, 6.45) is -2.01. The Morgan fingerprint density at radius 1 is 1.05 bits per heavy atom. The lowest BCUT2D eigenvalue weighted by Gasteiger charge is -2.11. The molecule has 1 aromatic heterocycles. The monoisotopic (exact) mass is 295 g/mol. The summed E-state index contributed by atoms with van der Waals surface area (Å²) in [5, 5.41) is 0. The van der Waals surface area contributed by atoms with Crippen LogP contribution in [-0.4, -0.2) is 16.3 Å². The lowest BCUT2D eigenvalue weighted by Crippen LogP contribution is -2.16. The Kier molecular flexibility index (Phi) is 3.19. The van der Waals surface area contributed by atoms with Crippen LogP contribution in [0, 0.1) is 0 Å². The van der Waals surface area contributed by atoms with Crippen LogP contribution in [-0.2, 0) is 12.8 Å². The lowest BCUT2D eigenvalue weighted by molar-refractivity contribution is -0.274. The summed E-state index contributed by atoms with van der Waals surface area (Å²) in [6.45, 7) is 0. The van der Waals surface area contributed by atoms with Gasteiger partial charge in [0.2, 0.25) is 5.95 Å². The van der Waals surface area contributed by atoms with Crippen LogP contribution in [0.1, 0.15) is 17.7 Å². The number of rotatable bonds is 2. The molecule has 110 valence electrons. The van der Waals surface area contributed by atoms with E-state index in [9.17, 15) is 13.2 Å². The zero-order chi connectivity index (χ0) is 15.0. The van der Waals surface area contributed by atoms with Gasteiger partial charge in [0.05, 0.1) is 5.69 Å². The summed E-state index contributed by atoms with van der Waals surface area (Å²) in [5.74, 6) is -0.0776. The first-order chi connectivity index (χ1) is 9.92. The van der Waals surface area contributed by atoms with Gasteiger partial charge in [-0.2, -0.15) is 0 Å². The Morgan fingerprint density at radius 3 is 2.43 bits per heavy atom. The summed E-state index contributed by atoms with van der Waals surface area (Å²) >= 11 is 0. The molecule has 0 saturated heterocycles. The first kappa shape index (κ1) is 13.7. The van der Waals surface area contributed by atoms with Crippen LogP contribution < -0.4 is 10.5 Å². The summed E-state index contributed by atoms with van der Waals surface area (Å²) in [6, 6.07) is 5.62. The largest absolute Gasteiger partial charge is 0.573 e. The van der Waals surface area contributed by atoms with Crippen molar-refractivity contribution in [3.8, 4) is 17.0 Å². The zero-order valence-electron chi connectivity index (χ0n) is 10.9. The highest BCUT2D eigenvalue weighted by Crippen LogP contribution is 2.32. The van der Waals surface area contributed by atoms with E-state index in [0.29, 0.717) is 11.3 Å². The number of nitrogens with zero attached hydrogens (tertiary/aromatic N) is 2. The molecule has 1 heterocycles.